The minimum absolute atomic E-state index is 0.175. The van der Waals surface area contributed by atoms with Gasteiger partial charge in [0.2, 0.25) is 0 Å². The Balaban J connectivity index is 1.42. The third kappa shape index (κ3) is 4.71. The lowest BCUT2D eigenvalue weighted by Gasteiger charge is -2.31. The van der Waals surface area contributed by atoms with Gasteiger partial charge in [-0.3, -0.25) is 0 Å². The van der Waals surface area contributed by atoms with Gasteiger partial charge in [0.15, 0.2) is 0 Å². The SMILES string of the molecule is CC(C)Oc1ccc(SN2CCC(c3cn(CC=O)c4ccc(F)cc34)CC2)cc1. The first-order valence-corrected chi connectivity index (χ1v) is 11.2. The van der Waals surface area contributed by atoms with Crippen LogP contribution in [0.25, 0.3) is 10.9 Å². The van der Waals surface area contributed by atoms with Crippen LogP contribution in [0.5, 0.6) is 5.75 Å². The molecule has 1 aromatic heterocycles. The first-order chi connectivity index (χ1) is 14.5. The monoisotopic (exact) mass is 426 g/mol. The van der Waals surface area contributed by atoms with Gasteiger partial charge < -0.3 is 14.1 Å². The van der Waals surface area contributed by atoms with Gasteiger partial charge in [-0.2, -0.15) is 0 Å². The first-order valence-electron chi connectivity index (χ1n) is 10.4. The molecule has 3 aromatic rings. The molecule has 0 unspecified atom stereocenters. The van der Waals surface area contributed by atoms with Gasteiger partial charge in [0.05, 0.1) is 12.6 Å². The van der Waals surface area contributed by atoms with E-state index in [0.717, 1.165) is 54.4 Å². The van der Waals surface area contributed by atoms with E-state index in [0.29, 0.717) is 12.5 Å². The maximum atomic E-state index is 13.9. The van der Waals surface area contributed by atoms with Crippen molar-refractivity contribution in [3.63, 3.8) is 0 Å². The average Bonchev–Trinajstić information content (AvgIpc) is 3.07. The molecule has 0 radical (unpaired) electrons. The van der Waals surface area contributed by atoms with Gasteiger partial charge in [-0.1, -0.05) is 0 Å². The largest absolute Gasteiger partial charge is 0.491 e. The average molecular weight is 427 g/mol. The van der Waals surface area contributed by atoms with Crippen LogP contribution in [0.4, 0.5) is 4.39 Å². The second-order valence-electron chi connectivity index (χ2n) is 8.00. The lowest BCUT2D eigenvalue weighted by atomic mass is 9.90. The zero-order valence-electron chi connectivity index (χ0n) is 17.4. The Hall–Kier alpha value is -2.31. The number of hydrogen-bond donors (Lipinski definition) is 0. The molecule has 0 amide bonds. The highest BCUT2D eigenvalue weighted by Crippen LogP contribution is 2.37. The van der Waals surface area contributed by atoms with Crippen LogP contribution < -0.4 is 4.74 Å². The number of aldehydes is 1. The summed E-state index contributed by atoms with van der Waals surface area (Å²) in [6.07, 6.45) is 5.13. The molecule has 1 fully saturated rings. The quantitative estimate of drug-likeness (QED) is 0.361. The summed E-state index contributed by atoms with van der Waals surface area (Å²) in [6.45, 7) is 6.28. The van der Waals surface area contributed by atoms with Crippen molar-refractivity contribution in [2.24, 2.45) is 0 Å². The molecule has 6 heteroatoms. The van der Waals surface area contributed by atoms with Crippen molar-refractivity contribution in [2.45, 2.75) is 50.2 Å². The van der Waals surface area contributed by atoms with Gasteiger partial charge in [0, 0.05) is 35.1 Å². The smallest absolute Gasteiger partial charge is 0.139 e. The van der Waals surface area contributed by atoms with E-state index < -0.39 is 0 Å². The number of halogens is 1. The van der Waals surface area contributed by atoms with E-state index >= 15 is 0 Å². The highest BCUT2D eigenvalue weighted by Gasteiger charge is 2.24. The van der Waals surface area contributed by atoms with E-state index in [1.54, 1.807) is 24.1 Å². The molecule has 0 atom stereocenters. The Morgan fingerprint density at radius 3 is 2.57 bits per heavy atom. The molecule has 1 aliphatic heterocycles. The zero-order valence-corrected chi connectivity index (χ0v) is 18.2. The zero-order chi connectivity index (χ0) is 21.1. The minimum Gasteiger partial charge on any atom is -0.491 e. The first kappa shape index (κ1) is 20.9. The maximum Gasteiger partial charge on any atom is 0.139 e. The third-order valence-corrected chi connectivity index (χ3v) is 6.58. The van der Waals surface area contributed by atoms with E-state index in [-0.39, 0.29) is 11.9 Å². The highest BCUT2D eigenvalue weighted by atomic mass is 32.2. The van der Waals surface area contributed by atoms with Crippen molar-refractivity contribution < 1.29 is 13.9 Å². The Morgan fingerprint density at radius 2 is 1.90 bits per heavy atom. The number of carbonyl (C=O) groups excluding carboxylic acids is 1. The van der Waals surface area contributed by atoms with Gasteiger partial charge in [-0.25, -0.2) is 8.70 Å². The molecular weight excluding hydrogens is 399 g/mol. The van der Waals surface area contributed by atoms with Crippen molar-refractivity contribution in [3.05, 3.63) is 60.0 Å². The number of piperidine rings is 1. The Morgan fingerprint density at radius 1 is 1.17 bits per heavy atom. The summed E-state index contributed by atoms with van der Waals surface area (Å²) in [7, 11) is 0. The predicted octanol–water partition coefficient (Wildman–Crippen LogP) is 5.65. The van der Waals surface area contributed by atoms with Crippen molar-refractivity contribution in [2.75, 3.05) is 13.1 Å². The van der Waals surface area contributed by atoms with Crippen molar-refractivity contribution in [1.29, 1.82) is 0 Å². The summed E-state index contributed by atoms with van der Waals surface area (Å²) < 4.78 is 23.9. The van der Waals surface area contributed by atoms with Gasteiger partial charge in [0.25, 0.3) is 0 Å². The molecule has 2 heterocycles. The molecule has 1 aliphatic rings. The fourth-order valence-electron chi connectivity index (χ4n) is 4.11. The molecule has 0 saturated carbocycles. The van der Waals surface area contributed by atoms with Crippen LogP contribution in [0.1, 0.15) is 38.2 Å². The third-order valence-electron chi connectivity index (χ3n) is 5.47. The number of aromatic nitrogens is 1. The number of rotatable bonds is 7. The molecule has 0 spiro atoms. The molecule has 2 aromatic carbocycles. The Kier molecular flexibility index (Phi) is 6.44. The standard InChI is InChI=1S/C24H27FN2O2S/c1-17(2)29-20-4-6-21(7-5-20)30-27-11-9-18(10-12-27)23-16-26(13-14-28)24-8-3-19(25)15-22(23)24/h3-8,14-18H,9-13H2,1-2H3. The molecule has 0 bridgehead atoms. The fourth-order valence-corrected chi connectivity index (χ4v) is 5.06. The summed E-state index contributed by atoms with van der Waals surface area (Å²) in [5.41, 5.74) is 2.09. The van der Waals surface area contributed by atoms with Crippen LogP contribution >= 0.6 is 11.9 Å². The second-order valence-corrected chi connectivity index (χ2v) is 9.17. The summed E-state index contributed by atoms with van der Waals surface area (Å²) in [6, 6.07) is 13.1. The number of carbonyl (C=O) groups is 1. The molecule has 158 valence electrons. The summed E-state index contributed by atoms with van der Waals surface area (Å²) >= 11 is 1.78. The predicted molar refractivity (Wildman–Crippen MR) is 120 cm³/mol. The second kappa shape index (κ2) is 9.23. The molecule has 1 saturated heterocycles. The van der Waals surface area contributed by atoms with Gasteiger partial charge in [-0.05, 0) is 92.6 Å². The van der Waals surface area contributed by atoms with E-state index in [2.05, 4.69) is 16.4 Å². The Bertz CT molecular complexity index is 1010. The van der Waals surface area contributed by atoms with Crippen LogP contribution in [0.15, 0.2) is 53.6 Å². The van der Waals surface area contributed by atoms with Crippen LogP contribution in [-0.4, -0.2) is 34.4 Å². The van der Waals surface area contributed by atoms with Gasteiger partial charge >= 0.3 is 0 Å². The minimum atomic E-state index is -0.231. The van der Waals surface area contributed by atoms with Crippen molar-refractivity contribution >= 4 is 29.1 Å². The number of ether oxygens (including phenoxy) is 1. The highest BCUT2D eigenvalue weighted by molar-refractivity contribution is 7.97. The summed E-state index contributed by atoms with van der Waals surface area (Å²) in [5.74, 6) is 1.04. The van der Waals surface area contributed by atoms with Crippen molar-refractivity contribution in [1.82, 2.24) is 8.87 Å². The summed E-state index contributed by atoms with van der Waals surface area (Å²) in [4.78, 5) is 12.3. The number of hydrogen-bond acceptors (Lipinski definition) is 4. The van der Waals surface area contributed by atoms with E-state index in [1.807, 2.05) is 36.7 Å². The van der Waals surface area contributed by atoms with Gasteiger partial charge in [-0.15, -0.1) is 0 Å². The molecule has 4 rings (SSSR count). The van der Waals surface area contributed by atoms with Gasteiger partial charge in [0.1, 0.15) is 17.9 Å². The summed E-state index contributed by atoms with van der Waals surface area (Å²) in [5, 5.41) is 0.934. The van der Waals surface area contributed by atoms with Crippen LogP contribution in [-0.2, 0) is 11.3 Å². The lowest BCUT2D eigenvalue weighted by Crippen LogP contribution is -2.27. The van der Waals surface area contributed by atoms with E-state index in [4.69, 9.17) is 4.74 Å². The topological polar surface area (TPSA) is 34.5 Å². The van der Waals surface area contributed by atoms with Crippen molar-refractivity contribution in [3.8, 4) is 5.75 Å². The molecule has 4 nitrogen and oxygen atoms in total. The molecular formula is C24H27FN2O2S. The number of nitrogens with zero attached hydrogens (tertiary/aromatic N) is 2. The lowest BCUT2D eigenvalue weighted by molar-refractivity contribution is -0.108. The van der Waals surface area contributed by atoms with Crippen LogP contribution in [0.3, 0.4) is 0 Å². The maximum absolute atomic E-state index is 13.9. The fraction of sp³-hybridized carbons (Fsp3) is 0.375. The molecule has 0 aliphatic carbocycles. The van der Waals surface area contributed by atoms with Crippen LogP contribution in [0, 0.1) is 5.82 Å². The number of benzene rings is 2. The molecule has 30 heavy (non-hydrogen) atoms. The van der Waals surface area contributed by atoms with E-state index in [1.165, 1.54) is 11.0 Å². The normalized spacial score (nSPS) is 15.7. The van der Waals surface area contributed by atoms with E-state index in [9.17, 15) is 9.18 Å². The van der Waals surface area contributed by atoms with Crippen LogP contribution in [0.2, 0.25) is 0 Å². The molecule has 0 N–H and O–H groups in total. The Labute approximate surface area is 181 Å². The number of fused-ring (bicyclic) bond motifs is 1.